The van der Waals surface area contributed by atoms with Gasteiger partial charge in [0, 0.05) is 31.2 Å². The van der Waals surface area contributed by atoms with E-state index in [1.54, 1.807) is 6.07 Å². The van der Waals surface area contributed by atoms with E-state index in [1.807, 2.05) is 20.2 Å². The maximum atomic E-state index is 11.2. The number of thiophene rings is 1. The molecule has 0 atom stereocenters. The maximum Gasteiger partial charge on any atom is 0.345 e. The average Bonchev–Trinajstić information content (AvgIpc) is 3.16. The molecule has 138 valence electrons. The van der Waals surface area contributed by atoms with Crippen LogP contribution < -0.4 is 15.1 Å². The van der Waals surface area contributed by atoms with E-state index in [4.69, 9.17) is 14.8 Å². The number of carboxylic acid groups (broad SMARTS) is 1. The van der Waals surface area contributed by atoms with Crippen molar-refractivity contribution in [3.63, 3.8) is 0 Å². The number of anilines is 4. The zero-order valence-corrected chi connectivity index (χ0v) is 15.5. The molecule has 1 saturated heterocycles. The molecule has 1 fully saturated rings. The number of fused-ring (bicyclic) bond motifs is 1. The number of rotatable bonds is 4. The van der Waals surface area contributed by atoms with Crippen molar-refractivity contribution in [1.82, 2.24) is 9.97 Å². The first-order valence-corrected chi connectivity index (χ1v) is 9.38. The summed E-state index contributed by atoms with van der Waals surface area (Å²) in [6, 6.07) is 2.04. The predicted molar refractivity (Wildman–Crippen MR) is 101 cm³/mol. The fraction of sp³-hybridized carbons (Fsp3) is 0.471. The van der Waals surface area contributed by atoms with Gasteiger partial charge in [-0.3, -0.25) is 0 Å². The molecule has 9 heteroatoms. The lowest BCUT2D eigenvalue weighted by Crippen LogP contribution is -2.41. The van der Waals surface area contributed by atoms with E-state index >= 15 is 0 Å². The van der Waals surface area contributed by atoms with Crippen molar-refractivity contribution in [3.8, 4) is 0 Å². The van der Waals surface area contributed by atoms with Gasteiger partial charge in [0.15, 0.2) is 5.82 Å². The molecule has 4 heterocycles. The third-order valence-corrected chi connectivity index (χ3v) is 5.84. The van der Waals surface area contributed by atoms with E-state index in [2.05, 4.69) is 20.1 Å². The lowest BCUT2D eigenvalue weighted by Gasteiger charge is -2.32. The number of ether oxygens (including phenoxy) is 1. The number of hydrogen-bond acceptors (Lipinski definition) is 8. The average molecular weight is 375 g/mol. The molecule has 2 aliphatic heterocycles. The molecule has 2 aliphatic rings. The summed E-state index contributed by atoms with van der Waals surface area (Å²) in [5.74, 6) is 0.477. The SMILES string of the molecule is Cc1sc(C(=O)O)cc1Nc1ncc2c(n1)N(C1CCOCC1)CN2C. The Morgan fingerprint density at radius 3 is 2.88 bits per heavy atom. The molecule has 0 amide bonds. The molecule has 4 rings (SSSR count). The van der Waals surface area contributed by atoms with Crippen molar-refractivity contribution in [2.45, 2.75) is 25.8 Å². The molecule has 2 aromatic rings. The van der Waals surface area contributed by atoms with E-state index in [0.29, 0.717) is 16.9 Å². The molecule has 2 aromatic heterocycles. The van der Waals surface area contributed by atoms with E-state index in [9.17, 15) is 4.79 Å². The first-order chi connectivity index (χ1) is 12.5. The van der Waals surface area contributed by atoms with Gasteiger partial charge in [0.1, 0.15) is 4.88 Å². The van der Waals surface area contributed by atoms with E-state index in [0.717, 1.165) is 54.8 Å². The van der Waals surface area contributed by atoms with Crippen molar-refractivity contribution in [3.05, 3.63) is 22.0 Å². The Bertz CT molecular complexity index is 834. The quantitative estimate of drug-likeness (QED) is 0.843. The first kappa shape index (κ1) is 17.0. The van der Waals surface area contributed by atoms with Crippen LogP contribution >= 0.6 is 11.3 Å². The highest BCUT2D eigenvalue weighted by Crippen LogP contribution is 2.37. The number of aryl methyl sites for hydroxylation is 1. The molecular weight excluding hydrogens is 354 g/mol. The Morgan fingerprint density at radius 2 is 2.19 bits per heavy atom. The van der Waals surface area contributed by atoms with E-state index in [-0.39, 0.29) is 0 Å². The minimum absolute atomic E-state index is 0.301. The van der Waals surface area contributed by atoms with Crippen molar-refractivity contribution >= 4 is 40.4 Å². The topological polar surface area (TPSA) is 90.8 Å². The second kappa shape index (κ2) is 6.73. The van der Waals surface area contributed by atoms with Crippen LogP contribution in [0.3, 0.4) is 0 Å². The van der Waals surface area contributed by atoms with Crippen molar-refractivity contribution < 1.29 is 14.6 Å². The highest BCUT2D eigenvalue weighted by molar-refractivity contribution is 7.14. The number of carbonyl (C=O) groups is 1. The van der Waals surface area contributed by atoms with Gasteiger partial charge in [0.25, 0.3) is 0 Å². The minimum Gasteiger partial charge on any atom is -0.477 e. The van der Waals surface area contributed by atoms with Gasteiger partial charge >= 0.3 is 5.97 Å². The Balaban J connectivity index is 1.61. The third-order valence-electron chi connectivity index (χ3n) is 4.80. The normalized spacial score (nSPS) is 17.5. The molecule has 0 saturated carbocycles. The number of carboxylic acids is 1. The summed E-state index contributed by atoms with van der Waals surface area (Å²) >= 11 is 1.24. The first-order valence-electron chi connectivity index (χ1n) is 8.56. The van der Waals surface area contributed by atoms with Gasteiger partial charge in [-0.2, -0.15) is 4.98 Å². The molecule has 0 aliphatic carbocycles. The Kier molecular flexibility index (Phi) is 4.41. The summed E-state index contributed by atoms with van der Waals surface area (Å²) in [7, 11) is 2.04. The third kappa shape index (κ3) is 3.08. The van der Waals surface area contributed by atoms with Gasteiger partial charge in [-0.15, -0.1) is 11.3 Å². The van der Waals surface area contributed by atoms with Crippen molar-refractivity contribution in [2.24, 2.45) is 0 Å². The van der Waals surface area contributed by atoms with Crippen LogP contribution in [0.2, 0.25) is 0 Å². The molecule has 0 unspecified atom stereocenters. The number of aromatic carboxylic acids is 1. The zero-order chi connectivity index (χ0) is 18.3. The summed E-state index contributed by atoms with van der Waals surface area (Å²) in [6.07, 6.45) is 3.81. The lowest BCUT2D eigenvalue weighted by molar-refractivity contribution is 0.0702. The summed E-state index contributed by atoms with van der Waals surface area (Å²) in [5.41, 5.74) is 1.74. The van der Waals surface area contributed by atoms with Crippen LogP contribution in [0.1, 0.15) is 27.4 Å². The molecule has 0 radical (unpaired) electrons. The second-order valence-electron chi connectivity index (χ2n) is 6.57. The highest BCUT2D eigenvalue weighted by atomic mass is 32.1. The van der Waals surface area contributed by atoms with E-state index < -0.39 is 5.97 Å². The summed E-state index contributed by atoms with van der Waals surface area (Å²) < 4.78 is 5.48. The number of nitrogens with one attached hydrogen (secondary N) is 1. The maximum absolute atomic E-state index is 11.2. The number of hydrogen-bond donors (Lipinski definition) is 2. The van der Waals surface area contributed by atoms with Crippen LogP contribution in [0.4, 0.5) is 23.1 Å². The van der Waals surface area contributed by atoms with Crippen molar-refractivity contribution in [1.29, 1.82) is 0 Å². The smallest absolute Gasteiger partial charge is 0.345 e. The van der Waals surface area contributed by atoms with E-state index in [1.165, 1.54) is 11.3 Å². The fourth-order valence-corrected chi connectivity index (χ4v) is 4.21. The largest absolute Gasteiger partial charge is 0.477 e. The molecule has 26 heavy (non-hydrogen) atoms. The Morgan fingerprint density at radius 1 is 1.42 bits per heavy atom. The molecule has 0 spiro atoms. The highest BCUT2D eigenvalue weighted by Gasteiger charge is 2.32. The van der Waals surface area contributed by atoms with Gasteiger partial charge in [0.05, 0.1) is 24.2 Å². The molecule has 0 aromatic carbocycles. The summed E-state index contributed by atoms with van der Waals surface area (Å²) in [6.45, 7) is 4.23. The molecule has 0 bridgehead atoms. The van der Waals surface area contributed by atoms with Crippen LogP contribution in [0.25, 0.3) is 0 Å². The van der Waals surface area contributed by atoms with Gasteiger partial charge in [0.2, 0.25) is 5.95 Å². The van der Waals surface area contributed by atoms with Crippen molar-refractivity contribution in [2.75, 3.05) is 42.0 Å². The minimum atomic E-state index is -0.923. The van der Waals surface area contributed by atoms with Crippen LogP contribution in [-0.4, -0.2) is 54.0 Å². The number of aromatic nitrogens is 2. The van der Waals surface area contributed by atoms with Crippen LogP contribution in [0.5, 0.6) is 0 Å². The number of nitrogens with zero attached hydrogens (tertiary/aromatic N) is 4. The Labute approximate surface area is 155 Å². The molecule has 2 N–H and O–H groups in total. The monoisotopic (exact) mass is 375 g/mol. The standard InChI is InChI=1S/C17H21N5O3S/c1-10-12(7-14(26-10)16(23)24)19-17-18-8-13-15(20-17)22(9-21(13)2)11-3-5-25-6-4-11/h7-8,11H,3-6,9H2,1-2H3,(H,23,24)(H,18,19,20). The predicted octanol–water partition coefficient (Wildman–Crippen LogP) is 2.68. The molecule has 8 nitrogen and oxygen atoms in total. The van der Waals surface area contributed by atoms with Crippen LogP contribution in [-0.2, 0) is 4.74 Å². The van der Waals surface area contributed by atoms with Gasteiger partial charge in [-0.1, -0.05) is 0 Å². The van der Waals surface area contributed by atoms with Gasteiger partial charge < -0.3 is 25.0 Å². The van der Waals surface area contributed by atoms with Crippen LogP contribution in [0, 0.1) is 6.92 Å². The summed E-state index contributed by atoms with van der Waals surface area (Å²) in [4.78, 5) is 26.0. The van der Waals surface area contributed by atoms with Gasteiger partial charge in [-0.25, -0.2) is 9.78 Å². The zero-order valence-electron chi connectivity index (χ0n) is 14.7. The van der Waals surface area contributed by atoms with Crippen LogP contribution in [0.15, 0.2) is 12.3 Å². The molecular formula is C17H21N5O3S. The fourth-order valence-electron chi connectivity index (χ4n) is 3.40. The lowest BCUT2D eigenvalue weighted by atomic mass is 10.1. The van der Waals surface area contributed by atoms with Gasteiger partial charge in [-0.05, 0) is 25.8 Å². The summed E-state index contributed by atoms with van der Waals surface area (Å²) in [5, 5.41) is 12.3. The Hall–Kier alpha value is -2.39. The second-order valence-corrected chi connectivity index (χ2v) is 7.82.